The number of benzene rings is 1. The SMILES string of the molecule is COc1cc2ccc1OCC(=O)N[C@@H](C)C(=O)N(C)CCCCN(C(=O)[C@@H]1CCCN1)CCCNC2=O. The Labute approximate surface area is 218 Å². The lowest BCUT2D eigenvalue weighted by Crippen LogP contribution is -2.47. The van der Waals surface area contributed by atoms with Crippen molar-refractivity contribution in [2.45, 2.75) is 51.1 Å². The van der Waals surface area contributed by atoms with Crippen LogP contribution < -0.4 is 25.4 Å². The summed E-state index contributed by atoms with van der Waals surface area (Å²) in [5, 5.41) is 8.82. The smallest absolute Gasteiger partial charge is 0.258 e. The summed E-state index contributed by atoms with van der Waals surface area (Å²) >= 11 is 0. The van der Waals surface area contributed by atoms with Crippen LogP contribution in [0, 0.1) is 0 Å². The normalized spacial score (nSPS) is 23.1. The van der Waals surface area contributed by atoms with Crippen molar-refractivity contribution in [1.82, 2.24) is 25.8 Å². The fourth-order valence-corrected chi connectivity index (χ4v) is 4.53. The number of rotatable bonds is 2. The van der Waals surface area contributed by atoms with E-state index in [1.54, 1.807) is 37.1 Å². The molecule has 2 atom stereocenters. The zero-order valence-electron chi connectivity index (χ0n) is 22.0. The van der Waals surface area contributed by atoms with Gasteiger partial charge < -0.3 is 35.2 Å². The third-order valence-corrected chi connectivity index (χ3v) is 6.64. The van der Waals surface area contributed by atoms with Crippen molar-refractivity contribution in [3.8, 4) is 11.5 Å². The average molecular weight is 518 g/mol. The molecule has 0 aliphatic carbocycles. The number of nitrogens with one attached hydrogen (secondary N) is 3. The molecule has 1 saturated heterocycles. The molecule has 0 saturated carbocycles. The summed E-state index contributed by atoms with van der Waals surface area (Å²) in [6.45, 7) is 4.21. The second kappa shape index (κ2) is 13.8. The van der Waals surface area contributed by atoms with Crippen LogP contribution in [-0.4, -0.2) is 99.0 Å². The summed E-state index contributed by atoms with van der Waals surface area (Å²) in [6.07, 6.45) is 3.89. The summed E-state index contributed by atoms with van der Waals surface area (Å²) in [6, 6.07) is 3.84. The van der Waals surface area contributed by atoms with Crippen molar-refractivity contribution in [2.75, 3.05) is 53.5 Å². The summed E-state index contributed by atoms with van der Waals surface area (Å²) < 4.78 is 10.9. The van der Waals surface area contributed by atoms with Crippen LogP contribution in [0.2, 0.25) is 0 Å². The summed E-state index contributed by atoms with van der Waals surface area (Å²) in [4.78, 5) is 54.3. The monoisotopic (exact) mass is 517 g/mol. The minimum absolute atomic E-state index is 0.0864. The lowest BCUT2D eigenvalue weighted by atomic mass is 10.1. The maximum Gasteiger partial charge on any atom is 0.258 e. The molecule has 1 aromatic carbocycles. The lowest BCUT2D eigenvalue weighted by molar-refractivity contribution is -0.135. The van der Waals surface area contributed by atoms with Crippen LogP contribution in [0.15, 0.2) is 18.2 Å². The van der Waals surface area contributed by atoms with Gasteiger partial charge in [-0.1, -0.05) is 0 Å². The van der Waals surface area contributed by atoms with Gasteiger partial charge >= 0.3 is 0 Å². The minimum Gasteiger partial charge on any atom is -0.493 e. The van der Waals surface area contributed by atoms with E-state index < -0.39 is 11.9 Å². The number of methoxy groups -OCH3 is 1. The number of ether oxygens (including phenoxy) is 2. The Kier molecular flexibility index (Phi) is 10.6. The Morgan fingerprint density at radius 1 is 1.05 bits per heavy atom. The highest BCUT2D eigenvalue weighted by Crippen LogP contribution is 2.28. The number of hydrogen-bond acceptors (Lipinski definition) is 7. The first kappa shape index (κ1) is 28.2. The van der Waals surface area contributed by atoms with Crippen molar-refractivity contribution in [3.63, 3.8) is 0 Å². The Morgan fingerprint density at radius 2 is 1.81 bits per heavy atom. The number of nitrogens with zero attached hydrogens (tertiary/aromatic N) is 2. The number of likely N-dealkylation sites (N-methyl/N-ethyl adjacent to an activating group) is 1. The molecule has 1 aromatic rings. The van der Waals surface area contributed by atoms with Crippen LogP contribution in [0.5, 0.6) is 11.5 Å². The number of carbonyl (C=O) groups excluding carboxylic acids is 4. The van der Waals surface area contributed by atoms with Gasteiger partial charge in [0.25, 0.3) is 11.8 Å². The highest BCUT2D eigenvalue weighted by atomic mass is 16.5. The second-order valence-electron chi connectivity index (χ2n) is 9.49. The molecule has 204 valence electrons. The van der Waals surface area contributed by atoms with Gasteiger partial charge in [0.15, 0.2) is 18.1 Å². The van der Waals surface area contributed by atoms with E-state index in [-0.39, 0.29) is 30.4 Å². The van der Waals surface area contributed by atoms with Gasteiger partial charge in [-0.2, -0.15) is 0 Å². The highest BCUT2D eigenvalue weighted by molar-refractivity contribution is 5.95. The van der Waals surface area contributed by atoms with E-state index in [4.69, 9.17) is 9.47 Å². The van der Waals surface area contributed by atoms with Gasteiger partial charge in [0.05, 0.1) is 13.2 Å². The Morgan fingerprint density at radius 3 is 2.54 bits per heavy atom. The van der Waals surface area contributed by atoms with Gasteiger partial charge in [-0.15, -0.1) is 0 Å². The van der Waals surface area contributed by atoms with Crippen LogP contribution >= 0.6 is 0 Å². The molecular weight excluding hydrogens is 478 g/mol. The van der Waals surface area contributed by atoms with Crippen LogP contribution in [0.25, 0.3) is 0 Å². The predicted molar refractivity (Wildman–Crippen MR) is 138 cm³/mol. The molecular formula is C26H39N5O6. The average Bonchev–Trinajstić information content (AvgIpc) is 3.44. The molecule has 3 aliphatic rings. The molecule has 0 spiro atoms. The fourth-order valence-electron chi connectivity index (χ4n) is 4.53. The first-order chi connectivity index (χ1) is 17.8. The minimum atomic E-state index is -0.713. The van der Waals surface area contributed by atoms with E-state index in [0.29, 0.717) is 49.7 Å². The maximum absolute atomic E-state index is 13.1. The number of fused-ring (bicyclic) bond motifs is 18. The third-order valence-electron chi connectivity index (χ3n) is 6.64. The van der Waals surface area contributed by atoms with Crippen LogP contribution in [0.3, 0.4) is 0 Å². The zero-order chi connectivity index (χ0) is 26.8. The molecule has 4 amide bonds. The summed E-state index contributed by atoms with van der Waals surface area (Å²) in [5.41, 5.74) is 0.393. The van der Waals surface area contributed by atoms with Gasteiger partial charge in [0.2, 0.25) is 11.8 Å². The lowest BCUT2D eigenvalue weighted by Gasteiger charge is -2.27. The first-order valence-corrected chi connectivity index (χ1v) is 13.0. The van der Waals surface area contributed by atoms with Crippen molar-refractivity contribution in [1.29, 1.82) is 0 Å². The van der Waals surface area contributed by atoms with Crippen LogP contribution in [0.4, 0.5) is 0 Å². The maximum atomic E-state index is 13.1. The van der Waals surface area contributed by atoms with Gasteiger partial charge in [-0.3, -0.25) is 19.2 Å². The molecule has 3 aliphatic heterocycles. The molecule has 0 radical (unpaired) electrons. The fraction of sp³-hybridized carbons (Fsp3) is 0.615. The topological polar surface area (TPSA) is 129 Å². The van der Waals surface area contributed by atoms with Crippen molar-refractivity contribution < 1.29 is 28.7 Å². The van der Waals surface area contributed by atoms with Gasteiger partial charge in [-0.05, 0) is 63.8 Å². The Hall–Kier alpha value is -3.34. The molecule has 2 bridgehead atoms. The molecule has 11 heteroatoms. The molecule has 37 heavy (non-hydrogen) atoms. The van der Waals surface area contributed by atoms with Crippen molar-refractivity contribution >= 4 is 23.6 Å². The second-order valence-corrected chi connectivity index (χ2v) is 9.49. The summed E-state index contributed by atoms with van der Waals surface area (Å²) in [7, 11) is 3.16. The van der Waals surface area contributed by atoms with Crippen LogP contribution in [-0.2, 0) is 14.4 Å². The van der Waals surface area contributed by atoms with Crippen LogP contribution in [0.1, 0.15) is 49.4 Å². The van der Waals surface area contributed by atoms with Gasteiger partial charge in [0.1, 0.15) is 6.04 Å². The third kappa shape index (κ3) is 8.08. The standard InChI is InChI=1S/C26H39N5O6/c1-18-25(34)30(2)13-4-5-14-31(26(35)20-8-6-11-27-20)15-7-12-28-24(33)19-9-10-21(22(16-19)36-3)37-17-23(32)29-18/h9-10,16,18,20,27H,4-8,11-15,17H2,1-3H3,(H,28,33)(H,29,32)/t18-,20-/m0/s1. The predicted octanol–water partition coefficient (Wildman–Crippen LogP) is 0.531. The molecule has 4 rings (SSSR count). The Balaban J connectivity index is 1.72. The van der Waals surface area contributed by atoms with E-state index in [9.17, 15) is 19.2 Å². The molecule has 3 heterocycles. The number of hydrogen-bond donors (Lipinski definition) is 3. The van der Waals surface area contributed by atoms with E-state index in [1.165, 1.54) is 7.11 Å². The van der Waals surface area contributed by atoms with Crippen molar-refractivity contribution in [2.24, 2.45) is 0 Å². The van der Waals surface area contributed by atoms with E-state index in [2.05, 4.69) is 16.0 Å². The zero-order valence-corrected chi connectivity index (χ0v) is 22.0. The highest BCUT2D eigenvalue weighted by Gasteiger charge is 2.27. The van der Waals surface area contributed by atoms with E-state index >= 15 is 0 Å². The Bertz CT molecular complexity index is 965. The molecule has 1 fully saturated rings. The van der Waals surface area contributed by atoms with E-state index in [1.807, 2.05) is 4.90 Å². The first-order valence-electron chi connectivity index (χ1n) is 13.0. The van der Waals surface area contributed by atoms with E-state index in [0.717, 1.165) is 32.2 Å². The molecule has 0 unspecified atom stereocenters. The molecule has 3 N–H and O–H groups in total. The van der Waals surface area contributed by atoms with Gasteiger partial charge in [-0.25, -0.2) is 0 Å². The number of amides is 4. The largest absolute Gasteiger partial charge is 0.493 e. The van der Waals surface area contributed by atoms with Crippen molar-refractivity contribution in [3.05, 3.63) is 23.8 Å². The van der Waals surface area contributed by atoms with Gasteiger partial charge in [0, 0.05) is 38.8 Å². The molecule has 11 nitrogen and oxygen atoms in total. The quantitative estimate of drug-likeness (QED) is 0.488. The number of carbonyl (C=O) groups is 4. The summed E-state index contributed by atoms with van der Waals surface area (Å²) in [5.74, 6) is -0.197. The molecule has 0 aromatic heterocycles.